The number of methoxy groups -OCH3 is 1. The first-order valence-electron chi connectivity index (χ1n) is 8.29. The van der Waals surface area contributed by atoms with Crippen LogP contribution in [-0.2, 0) is 16.0 Å². The minimum atomic E-state index is -0.0984. The van der Waals surface area contributed by atoms with Crippen molar-refractivity contribution in [2.75, 3.05) is 38.2 Å². The van der Waals surface area contributed by atoms with Gasteiger partial charge in [-0.3, -0.25) is 9.69 Å². The Labute approximate surface area is 141 Å². The highest BCUT2D eigenvalue weighted by Gasteiger charge is 2.29. The molecule has 1 aromatic rings. The number of nitrogens with zero attached hydrogens (tertiary/aromatic N) is 2. The van der Waals surface area contributed by atoms with Crippen LogP contribution in [0.4, 0.5) is 10.5 Å². The molecular formula is C17H24N4O3. The summed E-state index contributed by atoms with van der Waals surface area (Å²) >= 11 is 0. The van der Waals surface area contributed by atoms with Gasteiger partial charge in [-0.1, -0.05) is 12.1 Å². The first-order chi connectivity index (χ1) is 11.6. The van der Waals surface area contributed by atoms with E-state index in [2.05, 4.69) is 5.32 Å². The Morgan fingerprint density at radius 3 is 2.71 bits per heavy atom. The van der Waals surface area contributed by atoms with E-state index in [1.54, 1.807) is 12.0 Å². The number of benzene rings is 1. The topological polar surface area (TPSA) is 87.9 Å². The minimum Gasteiger partial charge on any atom is -0.378 e. The molecule has 0 aromatic heterocycles. The van der Waals surface area contributed by atoms with Crippen LogP contribution >= 0.6 is 0 Å². The maximum absolute atomic E-state index is 12.5. The van der Waals surface area contributed by atoms with Gasteiger partial charge in [0.25, 0.3) is 0 Å². The van der Waals surface area contributed by atoms with Crippen LogP contribution in [0.15, 0.2) is 24.3 Å². The van der Waals surface area contributed by atoms with Crippen molar-refractivity contribution < 1.29 is 14.3 Å². The molecule has 3 N–H and O–H groups in total. The third kappa shape index (κ3) is 3.52. The summed E-state index contributed by atoms with van der Waals surface area (Å²) in [5.74, 6) is 0.0793. The van der Waals surface area contributed by atoms with Gasteiger partial charge >= 0.3 is 6.03 Å². The zero-order valence-corrected chi connectivity index (χ0v) is 13.9. The van der Waals surface area contributed by atoms with E-state index < -0.39 is 0 Å². The maximum atomic E-state index is 12.5. The third-order valence-electron chi connectivity index (χ3n) is 4.73. The molecule has 3 rings (SSSR count). The van der Waals surface area contributed by atoms with Crippen molar-refractivity contribution in [2.24, 2.45) is 5.73 Å². The van der Waals surface area contributed by atoms with Gasteiger partial charge in [0, 0.05) is 45.0 Å². The van der Waals surface area contributed by atoms with Crippen LogP contribution in [-0.4, -0.2) is 62.3 Å². The van der Waals surface area contributed by atoms with Crippen molar-refractivity contribution in [1.29, 1.82) is 0 Å². The van der Waals surface area contributed by atoms with Gasteiger partial charge in [0.15, 0.2) is 0 Å². The number of nitrogens with one attached hydrogen (secondary N) is 1. The predicted octanol–water partition coefficient (Wildman–Crippen LogP) is 0.333. The Balaban J connectivity index is 1.59. The van der Waals surface area contributed by atoms with Gasteiger partial charge in [-0.05, 0) is 24.1 Å². The highest BCUT2D eigenvalue weighted by Crippen LogP contribution is 2.19. The second-order valence-corrected chi connectivity index (χ2v) is 6.29. The van der Waals surface area contributed by atoms with Crippen LogP contribution in [0.2, 0.25) is 0 Å². The van der Waals surface area contributed by atoms with Gasteiger partial charge < -0.3 is 20.7 Å². The van der Waals surface area contributed by atoms with Gasteiger partial charge in [-0.2, -0.15) is 0 Å². The van der Waals surface area contributed by atoms with Crippen LogP contribution in [0, 0.1) is 0 Å². The molecule has 2 saturated heterocycles. The number of likely N-dealkylation sites (tertiary alicyclic amines) is 1. The molecule has 7 nitrogen and oxygen atoms in total. The van der Waals surface area contributed by atoms with E-state index in [0.717, 1.165) is 17.7 Å². The fourth-order valence-corrected chi connectivity index (χ4v) is 3.21. The lowest BCUT2D eigenvalue weighted by Gasteiger charge is -2.36. The Morgan fingerprint density at radius 2 is 2.08 bits per heavy atom. The van der Waals surface area contributed by atoms with E-state index in [9.17, 15) is 9.59 Å². The summed E-state index contributed by atoms with van der Waals surface area (Å²) in [6, 6.07) is 7.50. The number of urea groups is 1. The summed E-state index contributed by atoms with van der Waals surface area (Å²) in [7, 11) is 1.63. The van der Waals surface area contributed by atoms with E-state index in [4.69, 9.17) is 10.5 Å². The Bertz CT molecular complexity index is 604. The first kappa shape index (κ1) is 16.7. The molecule has 3 amide bonds. The highest BCUT2D eigenvalue weighted by molar-refractivity contribution is 5.94. The minimum absolute atomic E-state index is 0.00931. The molecule has 2 heterocycles. The molecule has 2 aliphatic rings. The monoisotopic (exact) mass is 332 g/mol. The van der Waals surface area contributed by atoms with E-state index in [1.807, 2.05) is 29.2 Å². The SMILES string of the molecule is CO[C@@H]1CN(C(=O)Cc2ccc(N3CCNC3=O)cc2)CC[C@@H]1N. The van der Waals surface area contributed by atoms with E-state index >= 15 is 0 Å². The molecular weight excluding hydrogens is 308 g/mol. The quantitative estimate of drug-likeness (QED) is 0.832. The molecule has 0 saturated carbocycles. The van der Waals surface area contributed by atoms with Crippen LogP contribution < -0.4 is 16.0 Å². The molecule has 1 aromatic carbocycles. The molecule has 0 aliphatic carbocycles. The summed E-state index contributed by atoms with van der Waals surface area (Å²) in [4.78, 5) is 27.7. The van der Waals surface area contributed by atoms with Gasteiger partial charge in [0.2, 0.25) is 5.91 Å². The van der Waals surface area contributed by atoms with Crippen molar-refractivity contribution in [2.45, 2.75) is 25.0 Å². The molecule has 130 valence electrons. The molecule has 7 heteroatoms. The lowest BCUT2D eigenvalue weighted by atomic mass is 10.0. The third-order valence-corrected chi connectivity index (χ3v) is 4.73. The summed E-state index contributed by atoms with van der Waals surface area (Å²) in [6.07, 6.45) is 1.00. The largest absolute Gasteiger partial charge is 0.378 e. The lowest BCUT2D eigenvalue weighted by Crippen LogP contribution is -2.53. The lowest BCUT2D eigenvalue weighted by molar-refractivity contribution is -0.134. The van der Waals surface area contributed by atoms with Crippen molar-refractivity contribution in [3.8, 4) is 0 Å². The van der Waals surface area contributed by atoms with Crippen molar-refractivity contribution in [3.05, 3.63) is 29.8 Å². The Morgan fingerprint density at radius 1 is 1.33 bits per heavy atom. The smallest absolute Gasteiger partial charge is 0.321 e. The standard InChI is InChI=1S/C17H24N4O3/c1-24-15-11-20(8-6-14(15)18)16(22)10-12-2-4-13(5-3-12)21-9-7-19-17(21)23/h2-5,14-15H,6-11,18H2,1H3,(H,19,23)/t14-,15+/m0/s1. The van der Waals surface area contributed by atoms with E-state index in [-0.39, 0.29) is 24.1 Å². The van der Waals surface area contributed by atoms with Gasteiger partial charge in [0.05, 0.1) is 12.5 Å². The normalized spacial score (nSPS) is 24.2. The molecule has 0 radical (unpaired) electrons. The van der Waals surface area contributed by atoms with Crippen LogP contribution in [0.1, 0.15) is 12.0 Å². The van der Waals surface area contributed by atoms with Crippen molar-refractivity contribution in [3.63, 3.8) is 0 Å². The zero-order valence-electron chi connectivity index (χ0n) is 13.9. The number of nitrogens with two attached hydrogens (primary N) is 1. The Hall–Kier alpha value is -2.12. The molecule has 24 heavy (non-hydrogen) atoms. The van der Waals surface area contributed by atoms with Crippen LogP contribution in [0.3, 0.4) is 0 Å². The van der Waals surface area contributed by atoms with E-state index in [1.165, 1.54) is 0 Å². The summed E-state index contributed by atoms with van der Waals surface area (Å²) in [5.41, 5.74) is 7.78. The molecule has 2 atom stereocenters. The summed E-state index contributed by atoms with van der Waals surface area (Å²) in [5, 5.41) is 2.78. The van der Waals surface area contributed by atoms with Gasteiger partial charge in [-0.15, -0.1) is 0 Å². The number of ether oxygens (including phenoxy) is 1. The number of hydrogen-bond acceptors (Lipinski definition) is 4. The number of carbonyl (C=O) groups excluding carboxylic acids is 2. The average molecular weight is 332 g/mol. The number of piperidine rings is 1. The van der Waals surface area contributed by atoms with Crippen LogP contribution in [0.5, 0.6) is 0 Å². The van der Waals surface area contributed by atoms with Crippen molar-refractivity contribution >= 4 is 17.6 Å². The molecule has 2 fully saturated rings. The summed E-state index contributed by atoms with van der Waals surface area (Å²) in [6.45, 7) is 2.55. The second kappa shape index (κ2) is 7.19. The van der Waals surface area contributed by atoms with Gasteiger partial charge in [0.1, 0.15) is 0 Å². The fourth-order valence-electron chi connectivity index (χ4n) is 3.21. The number of hydrogen-bond donors (Lipinski definition) is 2. The number of rotatable bonds is 4. The average Bonchev–Trinajstić information content (AvgIpc) is 3.02. The number of anilines is 1. The van der Waals surface area contributed by atoms with Crippen LogP contribution in [0.25, 0.3) is 0 Å². The fraction of sp³-hybridized carbons (Fsp3) is 0.529. The maximum Gasteiger partial charge on any atom is 0.321 e. The number of carbonyl (C=O) groups is 2. The van der Waals surface area contributed by atoms with Gasteiger partial charge in [-0.25, -0.2) is 4.79 Å². The number of amides is 3. The highest BCUT2D eigenvalue weighted by atomic mass is 16.5. The zero-order chi connectivity index (χ0) is 17.1. The Kier molecular flexibility index (Phi) is 5.01. The molecule has 0 spiro atoms. The first-order valence-corrected chi connectivity index (χ1v) is 8.29. The molecule has 2 aliphatic heterocycles. The molecule has 0 bridgehead atoms. The second-order valence-electron chi connectivity index (χ2n) is 6.29. The summed E-state index contributed by atoms with van der Waals surface area (Å²) < 4.78 is 5.35. The predicted molar refractivity (Wildman–Crippen MR) is 90.9 cm³/mol. The molecule has 0 unspecified atom stereocenters. The van der Waals surface area contributed by atoms with Crippen molar-refractivity contribution in [1.82, 2.24) is 10.2 Å². The van der Waals surface area contributed by atoms with E-state index in [0.29, 0.717) is 32.6 Å².